The van der Waals surface area contributed by atoms with E-state index in [0.29, 0.717) is 0 Å². The summed E-state index contributed by atoms with van der Waals surface area (Å²) in [5.41, 5.74) is 1.08. The molecule has 0 saturated heterocycles. The van der Waals surface area contributed by atoms with Crippen LogP contribution in [0.1, 0.15) is 12.7 Å². The van der Waals surface area contributed by atoms with Crippen LogP contribution >= 0.6 is 0 Å². The number of aryl methyl sites for hydroxylation is 1. The van der Waals surface area contributed by atoms with E-state index in [0.717, 1.165) is 35.4 Å². The monoisotopic (exact) mass is 272 g/mol. The summed E-state index contributed by atoms with van der Waals surface area (Å²) in [7, 11) is 3.52. The van der Waals surface area contributed by atoms with E-state index in [-0.39, 0.29) is 0 Å². The number of hydrogen-bond acceptors (Lipinski definition) is 5. The van der Waals surface area contributed by atoms with Gasteiger partial charge in [-0.05, 0) is 38.1 Å². The molecule has 1 N–H and O–H groups in total. The van der Waals surface area contributed by atoms with E-state index in [1.54, 1.807) is 7.11 Å². The van der Waals surface area contributed by atoms with E-state index >= 15 is 0 Å². The number of anilines is 3. The number of methoxy groups -OCH3 is 1. The molecule has 0 aliphatic rings. The lowest BCUT2D eigenvalue weighted by Gasteiger charge is -2.23. The maximum atomic E-state index is 5.19. The topological polar surface area (TPSA) is 50.3 Å². The highest BCUT2D eigenvalue weighted by molar-refractivity contribution is 5.63. The van der Waals surface area contributed by atoms with Gasteiger partial charge in [-0.25, -0.2) is 9.97 Å². The van der Waals surface area contributed by atoms with Gasteiger partial charge in [0.25, 0.3) is 0 Å². The summed E-state index contributed by atoms with van der Waals surface area (Å²) in [5.74, 6) is 3.30. The lowest BCUT2D eigenvalue weighted by molar-refractivity contribution is 0.415. The van der Waals surface area contributed by atoms with Gasteiger partial charge in [-0.3, -0.25) is 0 Å². The molecule has 0 fully saturated rings. The second kappa shape index (κ2) is 6.23. The molecule has 0 aliphatic heterocycles. The molecule has 20 heavy (non-hydrogen) atoms. The van der Waals surface area contributed by atoms with Gasteiger partial charge in [-0.15, -0.1) is 0 Å². The van der Waals surface area contributed by atoms with Gasteiger partial charge in [0.2, 0.25) is 0 Å². The quantitative estimate of drug-likeness (QED) is 0.906. The van der Waals surface area contributed by atoms with Crippen LogP contribution in [0.5, 0.6) is 5.75 Å². The first kappa shape index (κ1) is 14.1. The number of nitrogens with zero attached hydrogens (tertiary/aromatic N) is 3. The Bertz CT molecular complexity index is 569. The molecule has 1 aromatic heterocycles. The fourth-order valence-electron chi connectivity index (χ4n) is 2.06. The molecule has 5 heteroatoms. The average Bonchev–Trinajstić information content (AvgIpc) is 2.48. The third-order valence-corrected chi connectivity index (χ3v) is 3.06. The van der Waals surface area contributed by atoms with Gasteiger partial charge in [0.15, 0.2) is 0 Å². The van der Waals surface area contributed by atoms with Crippen molar-refractivity contribution in [1.29, 1.82) is 0 Å². The van der Waals surface area contributed by atoms with Gasteiger partial charge in [-0.2, -0.15) is 0 Å². The van der Waals surface area contributed by atoms with Crippen molar-refractivity contribution in [1.82, 2.24) is 9.97 Å². The predicted octanol–water partition coefficient (Wildman–Crippen LogP) is 2.99. The first-order valence-corrected chi connectivity index (χ1v) is 6.63. The number of benzene rings is 1. The van der Waals surface area contributed by atoms with Crippen molar-refractivity contribution in [3.8, 4) is 5.75 Å². The van der Waals surface area contributed by atoms with Crippen LogP contribution < -0.4 is 15.0 Å². The molecule has 5 nitrogen and oxygen atoms in total. The van der Waals surface area contributed by atoms with Gasteiger partial charge < -0.3 is 15.0 Å². The van der Waals surface area contributed by atoms with Gasteiger partial charge in [0.1, 0.15) is 23.2 Å². The summed E-state index contributed by atoms with van der Waals surface area (Å²) >= 11 is 0. The lowest BCUT2D eigenvalue weighted by atomic mass is 10.2. The molecule has 0 atom stereocenters. The molecule has 0 saturated carbocycles. The highest BCUT2D eigenvalue weighted by Crippen LogP contribution is 2.26. The first-order chi connectivity index (χ1) is 9.67. The minimum absolute atomic E-state index is 0.749. The first-order valence-electron chi connectivity index (χ1n) is 6.63. The van der Waals surface area contributed by atoms with Crippen LogP contribution in [-0.2, 0) is 0 Å². The van der Waals surface area contributed by atoms with Crippen molar-refractivity contribution in [2.45, 2.75) is 13.8 Å². The normalized spacial score (nSPS) is 10.2. The Morgan fingerprint density at radius 2 is 1.90 bits per heavy atom. The van der Waals surface area contributed by atoms with Crippen LogP contribution in [0.2, 0.25) is 0 Å². The number of ether oxygens (including phenoxy) is 1. The number of aromatic nitrogens is 2. The second-order valence-electron chi connectivity index (χ2n) is 4.35. The molecule has 0 amide bonds. The van der Waals surface area contributed by atoms with Crippen molar-refractivity contribution in [2.24, 2.45) is 0 Å². The summed E-state index contributed by atoms with van der Waals surface area (Å²) in [6.07, 6.45) is 0. The Balaban J connectivity index is 2.37. The van der Waals surface area contributed by atoms with Crippen molar-refractivity contribution in [3.63, 3.8) is 0 Å². The lowest BCUT2D eigenvalue weighted by Crippen LogP contribution is -2.18. The fourth-order valence-corrected chi connectivity index (χ4v) is 2.06. The SMILES string of the molecule is CCN(c1ccc(OC)cc1)c1cc(NC)nc(C)n1. The number of rotatable bonds is 5. The Morgan fingerprint density at radius 1 is 1.20 bits per heavy atom. The third-order valence-electron chi connectivity index (χ3n) is 3.06. The minimum Gasteiger partial charge on any atom is -0.497 e. The molecular formula is C15H20N4O. The summed E-state index contributed by atoms with van der Waals surface area (Å²) in [5, 5.41) is 3.06. The van der Waals surface area contributed by atoms with Crippen LogP contribution in [0.25, 0.3) is 0 Å². The molecule has 2 aromatic rings. The Morgan fingerprint density at radius 3 is 2.45 bits per heavy atom. The molecule has 0 bridgehead atoms. The van der Waals surface area contributed by atoms with Gasteiger partial charge in [0, 0.05) is 25.3 Å². The summed E-state index contributed by atoms with van der Waals surface area (Å²) in [4.78, 5) is 11.0. The predicted molar refractivity (Wildman–Crippen MR) is 82.0 cm³/mol. The van der Waals surface area contributed by atoms with E-state index in [4.69, 9.17) is 4.74 Å². The summed E-state index contributed by atoms with van der Waals surface area (Å²) in [6.45, 7) is 4.82. The largest absolute Gasteiger partial charge is 0.497 e. The zero-order valence-electron chi connectivity index (χ0n) is 12.3. The van der Waals surface area contributed by atoms with Crippen molar-refractivity contribution in [2.75, 3.05) is 30.9 Å². The molecule has 0 spiro atoms. The Kier molecular flexibility index (Phi) is 4.40. The van der Waals surface area contributed by atoms with E-state index in [1.807, 2.05) is 44.3 Å². The highest BCUT2D eigenvalue weighted by atomic mass is 16.5. The zero-order chi connectivity index (χ0) is 14.5. The molecular weight excluding hydrogens is 252 g/mol. The van der Waals surface area contributed by atoms with E-state index in [9.17, 15) is 0 Å². The van der Waals surface area contributed by atoms with Gasteiger partial charge >= 0.3 is 0 Å². The maximum absolute atomic E-state index is 5.19. The minimum atomic E-state index is 0.749. The smallest absolute Gasteiger partial charge is 0.138 e. The maximum Gasteiger partial charge on any atom is 0.138 e. The van der Waals surface area contributed by atoms with Crippen LogP contribution in [-0.4, -0.2) is 30.7 Å². The van der Waals surface area contributed by atoms with E-state index < -0.39 is 0 Å². The molecule has 0 unspecified atom stereocenters. The molecule has 2 rings (SSSR count). The van der Waals surface area contributed by atoms with Crippen LogP contribution in [0, 0.1) is 6.92 Å². The Hall–Kier alpha value is -2.30. The molecule has 106 valence electrons. The van der Waals surface area contributed by atoms with Gasteiger partial charge in [0.05, 0.1) is 7.11 Å². The van der Waals surface area contributed by atoms with Crippen LogP contribution in [0.15, 0.2) is 30.3 Å². The van der Waals surface area contributed by atoms with E-state index in [2.05, 4.69) is 27.1 Å². The number of hydrogen-bond donors (Lipinski definition) is 1. The highest BCUT2D eigenvalue weighted by Gasteiger charge is 2.11. The average molecular weight is 272 g/mol. The third kappa shape index (κ3) is 2.99. The van der Waals surface area contributed by atoms with Crippen LogP contribution in [0.3, 0.4) is 0 Å². The Labute approximate surface area is 119 Å². The molecule has 0 aliphatic carbocycles. The van der Waals surface area contributed by atoms with Crippen molar-refractivity contribution < 1.29 is 4.74 Å². The number of nitrogens with one attached hydrogen (secondary N) is 1. The fraction of sp³-hybridized carbons (Fsp3) is 0.333. The van der Waals surface area contributed by atoms with E-state index in [1.165, 1.54) is 0 Å². The second-order valence-corrected chi connectivity index (χ2v) is 4.35. The standard InChI is InChI=1S/C15H20N4O/c1-5-19(12-6-8-13(20-4)9-7-12)15-10-14(16-3)17-11(2)18-15/h6-10H,5H2,1-4H3,(H,16,17,18). The van der Waals surface area contributed by atoms with Gasteiger partial charge in [-0.1, -0.05) is 0 Å². The van der Waals surface area contributed by atoms with Crippen molar-refractivity contribution in [3.05, 3.63) is 36.2 Å². The summed E-state index contributed by atoms with van der Waals surface area (Å²) < 4.78 is 5.19. The van der Waals surface area contributed by atoms with Crippen LogP contribution in [0.4, 0.5) is 17.3 Å². The summed E-state index contributed by atoms with van der Waals surface area (Å²) in [6, 6.07) is 9.90. The zero-order valence-corrected chi connectivity index (χ0v) is 12.3. The van der Waals surface area contributed by atoms with Crippen molar-refractivity contribution >= 4 is 17.3 Å². The molecule has 0 radical (unpaired) electrons. The molecule has 1 heterocycles. The molecule has 1 aromatic carbocycles.